The van der Waals surface area contributed by atoms with E-state index in [9.17, 15) is 9.59 Å². The van der Waals surface area contributed by atoms with E-state index in [1.165, 1.54) is 7.11 Å². The molecule has 0 saturated carbocycles. The number of aromatic nitrogens is 2. The topological polar surface area (TPSA) is 64.4 Å². The zero-order valence-electron chi connectivity index (χ0n) is 14.6. The Labute approximate surface area is 142 Å². The maximum atomic E-state index is 12.9. The van der Waals surface area contributed by atoms with Crippen molar-refractivity contribution in [3.05, 3.63) is 41.7 Å². The number of carbonyl (C=O) groups is 2. The van der Waals surface area contributed by atoms with Crippen LogP contribution in [0.2, 0.25) is 0 Å². The number of hydrogen-bond donors (Lipinski definition) is 0. The van der Waals surface area contributed by atoms with Crippen LogP contribution in [-0.4, -0.2) is 46.5 Å². The number of carbonyl (C=O) groups excluding carboxylic acids is 2. The molecule has 0 fully saturated rings. The highest BCUT2D eigenvalue weighted by Crippen LogP contribution is 2.23. The highest BCUT2D eigenvalue weighted by molar-refractivity contribution is 5.95. The Hall–Kier alpha value is -2.63. The summed E-state index contributed by atoms with van der Waals surface area (Å²) in [6.07, 6.45) is 0. The molecule has 2 aromatic rings. The van der Waals surface area contributed by atoms with E-state index in [0.29, 0.717) is 30.3 Å². The number of esters is 1. The lowest BCUT2D eigenvalue weighted by Gasteiger charge is -2.20. The van der Waals surface area contributed by atoms with Gasteiger partial charge in [-0.15, -0.1) is 0 Å². The first-order chi connectivity index (χ1) is 11.5. The van der Waals surface area contributed by atoms with Gasteiger partial charge in [0.25, 0.3) is 5.91 Å². The molecule has 0 atom stereocenters. The number of aryl methyl sites for hydroxylation is 1. The first kappa shape index (κ1) is 17.7. The molecule has 1 aromatic carbocycles. The van der Waals surface area contributed by atoms with Crippen LogP contribution in [-0.2, 0) is 16.1 Å². The fourth-order valence-corrected chi connectivity index (χ4v) is 2.66. The molecule has 0 aliphatic carbocycles. The van der Waals surface area contributed by atoms with Crippen molar-refractivity contribution in [1.29, 1.82) is 0 Å². The van der Waals surface area contributed by atoms with E-state index in [2.05, 4.69) is 4.98 Å². The number of nitrogens with zero attached hydrogens (tertiary/aromatic N) is 3. The number of ether oxygens (including phenoxy) is 1. The summed E-state index contributed by atoms with van der Waals surface area (Å²) >= 11 is 0. The molecule has 1 amide bonds. The van der Waals surface area contributed by atoms with Crippen molar-refractivity contribution in [2.45, 2.75) is 27.3 Å². The van der Waals surface area contributed by atoms with E-state index >= 15 is 0 Å². The third-order valence-electron chi connectivity index (χ3n) is 3.94. The lowest BCUT2D eigenvalue weighted by molar-refractivity contribution is -0.141. The number of rotatable bonds is 6. The minimum Gasteiger partial charge on any atom is -0.468 e. The van der Waals surface area contributed by atoms with Crippen molar-refractivity contribution in [2.75, 3.05) is 20.2 Å². The fraction of sp³-hybridized carbons (Fsp3) is 0.389. The predicted octanol–water partition coefficient (Wildman–Crippen LogP) is 2.51. The lowest BCUT2D eigenvalue weighted by Crippen LogP contribution is -2.33. The van der Waals surface area contributed by atoms with Crippen LogP contribution in [0.4, 0.5) is 0 Å². The normalized spacial score (nSPS) is 10.5. The monoisotopic (exact) mass is 329 g/mol. The van der Waals surface area contributed by atoms with Gasteiger partial charge in [-0.1, -0.05) is 30.3 Å². The van der Waals surface area contributed by atoms with Crippen molar-refractivity contribution < 1.29 is 14.3 Å². The smallest absolute Gasteiger partial charge is 0.325 e. The SMILES string of the molecule is CCN(CC)C(=O)c1c(C)nc(-c2ccccc2)n1CC(=O)OC. The second-order valence-corrected chi connectivity index (χ2v) is 5.38. The van der Waals surface area contributed by atoms with Gasteiger partial charge in [0.15, 0.2) is 0 Å². The molecule has 0 aliphatic rings. The average molecular weight is 329 g/mol. The van der Waals surface area contributed by atoms with E-state index in [0.717, 1.165) is 5.56 Å². The standard InChI is InChI=1S/C18H23N3O3/c1-5-20(6-2)18(23)16-13(3)19-17(14-10-8-7-9-11-14)21(16)12-15(22)24-4/h7-11H,5-6,12H2,1-4H3. The Morgan fingerprint density at radius 1 is 1.17 bits per heavy atom. The van der Waals surface area contributed by atoms with Gasteiger partial charge in [0.1, 0.15) is 18.1 Å². The van der Waals surface area contributed by atoms with Gasteiger partial charge in [0, 0.05) is 18.7 Å². The van der Waals surface area contributed by atoms with E-state index in [-0.39, 0.29) is 12.5 Å². The van der Waals surface area contributed by atoms with Crippen molar-refractivity contribution >= 4 is 11.9 Å². The number of benzene rings is 1. The van der Waals surface area contributed by atoms with E-state index in [1.54, 1.807) is 16.4 Å². The first-order valence-corrected chi connectivity index (χ1v) is 8.02. The van der Waals surface area contributed by atoms with Gasteiger partial charge in [-0.25, -0.2) is 4.98 Å². The summed E-state index contributed by atoms with van der Waals surface area (Å²) in [5, 5.41) is 0. The van der Waals surface area contributed by atoms with Crippen molar-refractivity contribution in [3.8, 4) is 11.4 Å². The molecule has 24 heavy (non-hydrogen) atoms. The number of methoxy groups -OCH3 is 1. The van der Waals surface area contributed by atoms with Gasteiger partial charge >= 0.3 is 5.97 Å². The molecule has 6 heteroatoms. The highest BCUT2D eigenvalue weighted by Gasteiger charge is 2.25. The number of hydrogen-bond acceptors (Lipinski definition) is 4. The van der Waals surface area contributed by atoms with Gasteiger partial charge in [-0.2, -0.15) is 0 Å². The highest BCUT2D eigenvalue weighted by atomic mass is 16.5. The predicted molar refractivity (Wildman–Crippen MR) is 91.7 cm³/mol. The number of amides is 1. The Morgan fingerprint density at radius 3 is 2.33 bits per heavy atom. The quantitative estimate of drug-likeness (QED) is 0.764. The minimum atomic E-state index is -0.418. The van der Waals surface area contributed by atoms with Gasteiger partial charge in [-0.05, 0) is 20.8 Å². The Morgan fingerprint density at radius 2 is 1.79 bits per heavy atom. The van der Waals surface area contributed by atoms with Gasteiger partial charge in [-0.3, -0.25) is 9.59 Å². The minimum absolute atomic E-state index is 0.0517. The molecule has 0 bridgehead atoms. The van der Waals surface area contributed by atoms with Crippen LogP contribution < -0.4 is 0 Å². The Balaban J connectivity index is 2.59. The molecule has 0 saturated heterocycles. The summed E-state index contributed by atoms with van der Waals surface area (Å²) < 4.78 is 6.44. The van der Waals surface area contributed by atoms with Crippen LogP contribution >= 0.6 is 0 Å². The summed E-state index contributed by atoms with van der Waals surface area (Å²) in [7, 11) is 1.33. The van der Waals surface area contributed by atoms with Gasteiger partial charge in [0.05, 0.1) is 12.8 Å². The maximum Gasteiger partial charge on any atom is 0.325 e. The van der Waals surface area contributed by atoms with Crippen LogP contribution in [0.25, 0.3) is 11.4 Å². The molecule has 1 aromatic heterocycles. The molecule has 0 radical (unpaired) electrons. The average Bonchev–Trinajstić information content (AvgIpc) is 2.92. The van der Waals surface area contributed by atoms with Crippen molar-refractivity contribution in [1.82, 2.24) is 14.5 Å². The molecule has 128 valence electrons. The second-order valence-electron chi connectivity index (χ2n) is 5.38. The Kier molecular flexibility index (Phi) is 5.73. The van der Waals surface area contributed by atoms with Crippen LogP contribution in [0.3, 0.4) is 0 Å². The largest absolute Gasteiger partial charge is 0.468 e. The van der Waals surface area contributed by atoms with E-state index < -0.39 is 5.97 Å². The van der Waals surface area contributed by atoms with Crippen LogP contribution in [0.5, 0.6) is 0 Å². The molecular weight excluding hydrogens is 306 g/mol. The molecule has 0 N–H and O–H groups in total. The zero-order valence-corrected chi connectivity index (χ0v) is 14.6. The number of imidazole rings is 1. The fourth-order valence-electron chi connectivity index (χ4n) is 2.66. The molecule has 1 heterocycles. The Bertz CT molecular complexity index is 719. The third kappa shape index (κ3) is 3.48. The molecule has 6 nitrogen and oxygen atoms in total. The third-order valence-corrected chi connectivity index (χ3v) is 3.94. The molecular formula is C18H23N3O3. The van der Waals surface area contributed by atoms with Crippen LogP contribution in [0.15, 0.2) is 30.3 Å². The van der Waals surface area contributed by atoms with Crippen LogP contribution in [0, 0.1) is 6.92 Å². The van der Waals surface area contributed by atoms with Crippen molar-refractivity contribution in [3.63, 3.8) is 0 Å². The molecule has 0 unspecified atom stereocenters. The van der Waals surface area contributed by atoms with Gasteiger partial charge in [0.2, 0.25) is 0 Å². The van der Waals surface area contributed by atoms with E-state index in [1.807, 2.05) is 44.2 Å². The zero-order chi connectivity index (χ0) is 17.7. The summed E-state index contributed by atoms with van der Waals surface area (Å²) in [5.41, 5.74) is 1.89. The summed E-state index contributed by atoms with van der Waals surface area (Å²) in [6, 6.07) is 9.51. The van der Waals surface area contributed by atoms with Gasteiger partial charge < -0.3 is 14.2 Å². The summed E-state index contributed by atoms with van der Waals surface area (Å²) in [6.45, 7) is 6.78. The lowest BCUT2D eigenvalue weighted by atomic mass is 10.2. The maximum absolute atomic E-state index is 12.9. The first-order valence-electron chi connectivity index (χ1n) is 8.02. The summed E-state index contributed by atoms with van der Waals surface area (Å²) in [4.78, 5) is 31.0. The van der Waals surface area contributed by atoms with Crippen molar-refractivity contribution in [2.24, 2.45) is 0 Å². The molecule has 0 aliphatic heterocycles. The van der Waals surface area contributed by atoms with E-state index in [4.69, 9.17) is 4.74 Å². The summed E-state index contributed by atoms with van der Waals surface area (Å²) in [5.74, 6) is 0.0447. The second kappa shape index (κ2) is 7.77. The van der Waals surface area contributed by atoms with Crippen LogP contribution in [0.1, 0.15) is 30.0 Å². The molecule has 2 rings (SSSR count). The molecule has 0 spiro atoms.